The molecule has 1 aromatic carbocycles. The number of non-ortho nitro benzene ring substituents is 1. The van der Waals surface area contributed by atoms with Crippen molar-refractivity contribution in [3.8, 4) is 0 Å². The van der Waals surface area contributed by atoms with Crippen molar-refractivity contribution in [2.45, 2.75) is 6.92 Å². The topological polar surface area (TPSA) is 104 Å². The van der Waals surface area contributed by atoms with Crippen molar-refractivity contribution in [3.05, 3.63) is 34.4 Å². The van der Waals surface area contributed by atoms with Crippen LogP contribution in [0.25, 0.3) is 0 Å². The smallest absolute Gasteiger partial charge is 0.269 e. The third-order valence-corrected chi connectivity index (χ3v) is 2.38. The molecule has 0 amide bonds. The van der Waals surface area contributed by atoms with Crippen LogP contribution >= 0.6 is 12.2 Å². The summed E-state index contributed by atoms with van der Waals surface area (Å²) in [5.74, 6) is 0. The van der Waals surface area contributed by atoms with E-state index >= 15 is 0 Å². The zero-order chi connectivity index (χ0) is 15.0. The minimum Gasteiger partial charge on any atom is -0.364 e. The van der Waals surface area contributed by atoms with E-state index in [2.05, 4.69) is 26.4 Å². The summed E-state index contributed by atoms with van der Waals surface area (Å²) < 4.78 is 0. The van der Waals surface area contributed by atoms with Crippen LogP contribution in [0.1, 0.15) is 6.92 Å². The summed E-state index contributed by atoms with van der Waals surface area (Å²) in [6.07, 6.45) is 1.49. The Morgan fingerprint density at radius 1 is 1.40 bits per heavy atom. The predicted molar refractivity (Wildman–Crippen MR) is 83.1 cm³/mol. The lowest BCUT2D eigenvalue weighted by Crippen LogP contribution is -2.28. The fourth-order valence-electron chi connectivity index (χ4n) is 1.08. The van der Waals surface area contributed by atoms with Gasteiger partial charge in [-0.05, 0) is 31.3 Å². The van der Waals surface area contributed by atoms with E-state index in [4.69, 9.17) is 12.2 Å². The van der Waals surface area contributed by atoms with Gasteiger partial charge in [-0.15, -0.1) is 0 Å². The van der Waals surface area contributed by atoms with Crippen molar-refractivity contribution in [1.82, 2.24) is 10.7 Å². The van der Waals surface area contributed by atoms with Gasteiger partial charge >= 0.3 is 0 Å². The van der Waals surface area contributed by atoms with Crippen LogP contribution in [-0.2, 0) is 0 Å². The van der Waals surface area contributed by atoms with Crippen molar-refractivity contribution in [2.75, 3.05) is 12.5 Å². The number of nitro groups is 1. The number of hydrazone groups is 2. The number of anilines is 1. The predicted octanol–water partition coefficient (Wildman–Crippen LogP) is 1.46. The fraction of sp³-hybridized carbons (Fsp3) is 0.182. The Morgan fingerprint density at radius 2 is 2.05 bits per heavy atom. The molecular formula is C11H14N6O2S. The molecular weight excluding hydrogens is 280 g/mol. The molecule has 0 aromatic heterocycles. The second kappa shape index (κ2) is 7.79. The van der Waals surface area contributed by atoms with Gasteiger partial charge in [0, 0.05) is 19.2 Å². The van der Waals surface area contributed by atoms with E-state index in [0.717, 1.165) is 0 Å². The van der Waals surface area contributed by atoms with E-state index in [1.54, 1.807) is 26.1 Å². The summed E-state index contributed by atoms with van der Waals surface area (Å²) in [7, 11) is 1.68. The lowest BCUT2D eigenvalue weighted by Gasteiger charge is -2.01. The second-order valence-electron chi connectivity index (χ2n) is 3.62. The molecule has 20 heavy (non-hydrogen) atoms. The number of hydrogen-bond acceptors (Lipinski definition) is 6. The Labute approximate surface area is 121 Å². The zero-order valence-corrected chi connectivity index (χ0v) is 11.8. The Hall–Kier alpha value is -2.55. The largest absolute Gasteiger partial charge is 0.364 e. The first-order chi connectivity index (χ1) is 9.52. The van der Waals surface area contributed by atoms with Crippen LogP contribution in [-0.4, -0.2) is 29.0 Å². The van der Waals surface area contributed by atoms with Gasteiger partial charge in [0.25, 0.3) is 5.69 Å². The highest BCUT2D eigenvalue weighted by molar-refractivity contribution is 7.80. The third kappa shape index (κ3) is 5.40. The van der Waals surface area contributed by atoms with Crippen LogP contribution in [0.4, 0.5) is 11.4 Å². The molecule has 0 atom stereocenters. The van der Waals surface area contributed by atoms with Crippen molar-refractivity contribution < 1.29 is 4.92 Å². The van der Waals surface area contributed by atoms with E-state index in [1.807, 2.05) is 0 Å². The minimum atomic E-state index is -0.457. The Kier molecular flexibility index (Phi) is 6.04. The highest BCUT2D eigenvalue weighted by Crippen LogP contribution is 2.15. The van der Waals surface area contributed by atoms with Gasteiger partial charge in [0.05, 0.1) is 22.5 Å². The molecule has 0 aliphatic carbocycles. The van der Waals surface area contributed by atoms with Gasteiger partial charge in [-0.2, -0.15) is 10.2 Å². The number of nitrogens with one attached hydrogen (secondary N) is 3. The summed E-state index contributed by atoms with van der Waals surface area (Å²) >= 11 is 4.84. The molecule has 106 valence electrons. The van der Waals surface area contributed by atoms with Gasteiger partial charge in [-0.3, -0.25) is 21.0 Å². The number of thiocarbonyl (C=S) groups is 1. The van der Waals surface area contributed by atoms with E-state index in [9.17, 15) is 10.1 Å². The summed E-state index contributed by atoms with van der Waals surface area (Å²) in [4.78, 5) is 10.0. The fourth-order valence-corrected chi connectivity index (χ4v) is 1.13. The molecule has 0 saturated carbocycles. The first kappa shape index (κ1) is 15.5. The molecule has 1 aromatic rings. The van der Waals surface area contributed by atoms with Gasteiger partial charge in [0.1, 0.15) is 0 Å². The standard InChI is InChI=1S/C11H14N6O2S/c1-8(7-13-16-11(20)12-2)14-15-9-3-5-10(6-4-9)17(18)19/h3-7,15H,1-2H3,(H2,12,16,20)/b13-7-,14-8+. The molecule has 8 nitrogen and oxygen atoms in total. The molecule has 9 heteroatoms. The minimum absolute atomic E-state index is 0.0302. The average molecular weight is 294 g/mol. The van der Waals surface area contributed by atoms with E-state index in [0.29, 0.717) is 16.5 Å². The van der Waals surface area contributed by atoms with Gasteiger partial charge in [-0.25, -0.2) is 0 Å². The number of nitrogens with zero attached hydrogens (tertiary/aromatic N) is 3. The van der Waals surface area contributed by atoms with E-state index < -0.39 is 4.92 Å². The summed E-state index contributed by atoms with van der Waals surface area (Å²) in [5, 5.41) is 21.5. The molecule has 3 N–H and O–H groups in total. The highest BCUT2D eigenvalue weighted by atomic mass is 32.1. The summed E-state index contributed by atoms with van der Waals surface area (Å²) in [5.41, 5.74) is 6.63. The SMILES string of the molecule is CNC(=S)N/N=C\C(C)=N\Nc1ccc([N+](=O)[O-])cc1. The molecule has 0 fully saturated rings. The maximum atomic E-state index is 10.5. The molecule has 0 spiro atoms. The van der Waals surface area contributed by atoms with Gasteiger partial charge in [0.15, 0.2) is 5.11 Å². The molecule has 0 bridgehead atoms. The molecule has 1 rings (SSSR count). The lowest BCUT2D eigenvalue weighted by molar-refractivity contribution is -0.384. The molecule has 0 saturated heterocycles. The van der Waals surface area contributed by atoms with E-state index in [-0.39, 0.29) is 5.69 Å². The zero-order valence-electron chi connectivity index (χ0n) is 11.0. The first-order valence-corrected chi connectivity index (χ1v) is 5.99. The van der Waals surface area contributed by atoms with Gasteiger partial charge < -0.3 is 5.32 Å². The van der Waals surface area contributed by atoms with Gasteiger partial charge in [0.2, 0.25) is 0 Å². The van der Waals surface area contributed by atoms with Crippen LogP contribution < -0.4 is 16.2 Å². The van der Waals surface area contributed by atoms with Crippen molar-refractivity contribution in [2.24, 2.45) is 10.2 Å². The first-order valence-electron chi connectivity index (χ1n) is 5.58. The second-order valence-corrected chi connectivity index (χ2v) is 4.03. The Balaban J connectivity index is 2.54. The monoisotopic (exact) mass is 294 g/mol. The summed E-state index contributed by atoms with van der Waals surface area (Å²) in [6.45, 7) is 1.74. The molecule has 0 aliphatic rings. The Bertz CT molecular complexity index is 540. The maximum absolute atomic E-state index is 10.5. The average Bonchev–Trinajstić information content (AvgIpc) is 2.45. The molecule has 0 radical (unpaired) electrons. The van der Waals surface area contributed by atoms with Crippen molar-refractivity contribution >= 4 is 40.6 Å². The van der Waals surface area contributed by atoms with Crippen molar-refractivity contribution in [3.63, 3.8) is 0 Å². The van der Waals surface area contributed by atoms with E-state index in [1.165, 1.54) is 18.3 Å². The van der Waals surface area contributed by atoms with Crippen LogP contribution in [0, 0.1) is 10.1 Å². The number of nitro benzene ring substituents is 1. The van der Waals surface area contributed by atoms with Crippen LogP contribution in [0.15, 0.2) is 34.5 Å². The van der Waals surface area contributed by atoms with Gasteiger partial charge in [-0.1, -0.05) is 0 Å². The maximum Gasteiger partial charge on any atom is 0.269 e. The summed E-state index contributed by atoms with van der Waals surface area (Å²) in [6, 6.07) is 5.93. The number of hydrogen-bond donors (Lipinski definition) is 3. The van der Waals surface area contributed by atoms with Crippen LogP contribution in [0.3, 0.4) is 0 Å². The number of benzene rings is 1. The highest BCUT2D eigenvalue weighted by Gasteiger charge is 2.02. The third-order valence-electron chi connectivity index (χ3n) is 2.08. The molecule has 0 aliphatic heterocycles. The Morgan fingerprint density at radius 3 is 2.60 bits per heavy atom. The molecule has 0 heterocycles. The van der Waals surface area contributed by atoms with Crippen LogP contribution in [0.5, 0.6) is 0 Å². The van der Waals surface area contributed by atoms with Crippen LogP contribution in [0.2, 0.25) is 0 Å². The quantitative estimate of drug-likeness (QED) is 0.329. The number of rotatable bonds is 5. The van der Waals surface area contributed by atoms with Crippen molar-refractivity contribution in [1.29, 1.82) is 0 Å². The lowest BCUT2D eigenvalue weighted by atomic mass is 10.3. The normalized spacial score (nSPS) is 11.2. The molecule has 0 unspecified atom stereocenters.